The molecule has 0 aliphatic heterocycles. The van der Waals surface area contributed by atoms with E-state index < -0.39 is 0 Å². The summed E-state index contributed by atoms with van der Waals surface area (Å²) in [5.74, 6) is 0. The number of hydrogen-bond acceptors (Lipinski definition) is 4. The Bertz CT molecular complexity index is 655. The zero-order valence-electron chi connectivity index (χ0n) is 12.6. The average molecular weight is 303 g/mol. The number of nitrogens with two attached hydrogens (primary N) is 1. The van der Waals surface area contributed by atoms with E-state index in [4.69, 9.17) is 22.7 Å². The maximum atomic E-state index is 5.82. The van der Waals surface area contributed by atoms with Crippen molar-refractivity contribution in [3.05, 3.63) is 36.0 Å². The Morgan fingerprint density at radius 1 is 1.38 bits per heavy atom. The first-order valence-electron chi connectivity index (χ1n) is 7.00. The Hall–Kier alpha value is -1.72. The minimum Gasteiger partial charge on any atom is -0.389 e. The third kappa shape index (κ3) is 3.68. The van der Waals surface area contributed by atoms with Crippen LogP contribution in [-0.2, 0) is 4.74 Å². The fourth-order valence-electron chi connectivity index (χ4n) is 2.26. The molecule has 0 amide bonds. The molecular weight excluding hydrogens is 282 g/mol. The van der Waals surface area contributed by atoms with Gasteiger partial charge in [0.1, 0.15) is 4.99 Å². The topological polar surface area (TPSA) is 60.2 Å². The summed E-state index contributed by atoms with van der Waals surface area (Å²) in [4.78, 5) is 4.74. The summed E-state index contributed by atoms with van der Waals surface area (Å²) < 4.78 is 5.72. The van der Waals surface area contributed by atoms with Gasteiger partial charge in [0, 0.05) is 24.7 Å². The highest BCUT2D eigenvalue weighted by Crippen LogP contribution is 2.26. The van der Waals surface area contributed by atoms with Gasteiger partial charge in [-0.3, -0.25) is 4.98 Å². The average Bonchev–Trinajstić information content (AvgIpc) is 2.44. The van der Waals surface area contributed by atoms with Crippen LogP contribution in [0, 0.1) is 0 Å². The van der Waals surface area contributed by atoms with Crippen LogP contribution in [0.4, 0.5) is 5.69 Å². The summed E-state index contributed by atoms with van der Waals surface area (Å²) in [5.41, 5.74) is 8.14. The summed E-state index contributed by atoms with van der Waals surface area (Å²) in [7, 11) is 0. The van der Waals surface area contributed by atoms with E-state index in [1.165, 1.54) is 0 Å². The second-order valence-electron chi connectivity index (χ2n) is 5.47. The Morgan fingerprint density at radius 3 is 2.76 bits per heavy atom. The molecule has 0 saturated carbocycles. The fraction of sp³-hybridized carbons (Fsp3) is 0.375. The molecule has 3 N–H and O–H groups in total. The minimum absolute atomic E-state index is 0.271. The standard InChI is InChI=1S/C16H21N3OS/c1-4-20-16(2,3)10-19-14-11-7-5-6-8-13(11)18-9-12(14)15(17)21/h5-9H,4,10H2,1-3H3,(H2,17,21)(H,18,19). The van der Waals surface area contributed by atoms with Crippen molar-refractivity contribution >= 4 is 33.8 Å². The number of ether oxygens (including phenoxy) is 1. The number of para-hydroxylation sites is 1. The van der Waals surface area contributed by atoms with E-state index in [0.717, 1.165) is 22.2 Å². The molecule has 1 heterocycles. The molecule has 0 radical (unpaired) electrons. The quantitative estimate of drug-likeness (QED) is 0.803. The number of fused-ring (bicyclic) bond motifs is 1. The number of nitrogens with one attached hydrogen (secondary N) is 1. The Labute approximate surface area is 130 Å². The van der Waals surface area contributed by atoms with E-state index in [0.29, 0.717) is 18.1 Å². The van der Waals surface area contributed by atoms with Crippen LogP contribution in [0.3, 0.4) is 0 Å². The van der Waals surface area contributed by atoms with Gasteiger partial charge in [-0.05, 0) is 26.8 Å². The van der Waals surface area contributed by atoms with Crippen molar-refractivity contribution in [3.8, 4) is 0 Å². The van der Waals surface area contributed by atoms with Gasteiger partial charge in [-0.1, -0.05) is 30.4 Å². The van der Waals surface area contributed by atoms with Gasteiger partial charge in [0.25, 0.3) is 0 Å². The molecule has 5 heteroatoms. The number of nitrogens with zero attached hydrogens (tertiary/aromatic N) is 1. The molecule has 2 rings (SSSR count). The van der Waals surface area contributed by atoms with Gasteiger partial charge in [0.15, 0.2) is 0 Å². The van der Waals surface area contributed by atoms with Gasteiger partial charge in [-0.15, -0.1) is 0 Å². The maximum absolute atomic E-state index is 5.82. The van der Waals surface area contributed by atoms with Crippen LogP contribution in [-0.4, -0.2) is 28.7 Å². The van der Waals surface area contributed by atoms with E-state index in [-0.39, 0.29) is 5.60 Å². The van der Waals surface area contributed by atoms with Crippen LogP contribution >= 0.6 is 12.2 Å². The number of benzene rings is 1. The number of thiocarbonyl (C=S) groups is 1. The molecule has 1 aromatic heterocycles. The summed E-state index contributed by atoms with van der Waals surface area (Å²) in [6.07, 6.45) is 1.72. The lowest BCUT2D eigenvalue weighted by atomic mass is 10.1. The molecule has 112 valence electrons. The monoisotopic (exact) mass is 303 g/mol. The largest absolute Gasteiger partial charge is 0.389 e. The molecule has 1 aromatic carbocycles. The number of pyridine rings is 1. The van der Waals surface area contributed by atoms with E-state index >= 15 is 0 Å². The molecule has 0 spiro atoms. The van der Waals surface area contributed by atoms with Crippen molar-refractivity contribution < 1.29 is 4.74 Å². The molecule has 21 heavy (non-hydrogen) atoms. The van der Waals surface area contributed by atoms with E-state index in [2.05, 4.69) is 10.3 Å². The van der Waals surface area contributed by atoms with Crippen LogP contribution in [0.2, 0.25) is 0 Å². The van der Waals surface area contributed by atoms with Crippen molar-refractivity contribution in [2.45, 2.75) is 26.4 Å². The highest BCUT2D eigenvalue weighted by molar-refractivity contribution is 7.80. The van der Waals surface area contributed by atoms with Gasteiger partial charge < -0.3 is 15.8 Å². The minimum atomic E-state index is -0.271. The Kier molecular flexibility index (Phi) is 4.75. The normalized spacial score (nSPS) is 11.6. The van der Waals surface area contributed by atoms with Gasteiger partial charge in [0.2, 0.25) is 0 Å². The lowest BCUT2D eigenvalue weighted by Crippen LogP contribution is -2.34. The van der Waals surface area contributed by atoms with Gasteiger partial charge >= 0.3 is 0 Å². The van der Waals surface area contributed by atoms with Crippen molar-refractivity contribution in [3.63, 3.8) is 0 Å². The molecule has 2 aromatic rings. The lowest BCUT2D eigenvalue weighted by molar-refractivity contribution is 0.000716. The third-order valence-electron chi connectivity index (χ3n) is 3.27. The number of aromatic nitrogens is 1. The molecule has 4 nitrogen and oxygen atoms in total. The summed E-state index contributed by atoms with van der Waals surface area (Å²) in [5, 5.41) is 4.44. The third-order valence-corrected chi connectivity index (χ3v) is 3.49. The first-order valence-corrected chi connectivity index (χ1v) is 7.41. The van der Waals surface area contributed by atoms with Crippen molar-refractivity contribution in [2.24, 2.45) is 5.73 Å². The molecule has 0 unspecified atom stereocenters. The van der Waals surface area contributed by atoms with Gasteiger partial charge in [-0.2, -0.15) is 0 Å². The first kappa shape index (κ1) is 15.7. The smallest absolute Gasteiger partial charge is 0.107 e. The van der Waals surface area contributed by atoms with E-state index in [1.807, 2.05) is 45.0 Å². The fourth-order valence-corrected chi connectivity index (χ4v) is 2.42. The van der Waals surface area contributed by atoms with E-state index in [1.54, 1.807) is 6.20 Å². The zero-order valence-corrected chi connectivity index (χ0v) is 13.5. The molecule has 0 bridgehead atoms. The molecular formula is C16H21N3OS. The predicted molar refractivity (Wildman–Crippen MR) is 91.8 cm³/mol. The highest BCUT2D eigenvalue weighted by atomic mass is 32.1. The maximum Gasteiger partial charge on any atom is 0.107 e. The first-order chi connectivity index (χ1) is 9.94. The number of hydrogen-bond donors (Lipinski definition) is 2. The summed E-state index contributed by atoms with van der Waals surface area (Å²) >= 11 is 5.14. The molecule has 0 aliphatic rings. The molecule has 0 aliphatic carbocycles. The zero-order chi connectivity index (χ0) is 15.5. The van der Waals surface area contributed by atoms with Crippen LogP contribution in [0.5, 0.6) is 0 Å². The second kappa shape index (κ2) is 6.37. The number of anilines is 1. The molecule has 0 saturated heterocycles. The van der Waals surface area contributed by atoms with Crippen LogP contribution < -0.4 is 11.1 Å². The molecule has 0 atom stereocenters. The Balaban J connectivity index is 2.40. The Morgan fingerprint density at radius 2 is 2.10 bits per heavy atom. The van der Waals surface area contributed by atoms with Gasteiger partial charge in [0.05, 0.1) is 22.4 Å². The summed E-state index contributed by atoms with van der Waals surface area (Å²) in [6.45, 7) is 7.42. The number of rotatable bonds is 6. The van der Waals surface area contributed by atoms with E-state index in [9.17, 15) is 0 Å². The van der Waals surface area contributed by atoms with Crippen LogP contribution in [0.15, 0.2) is 30.5 Å². The van der Waals surface area contributed by atoms with Crippen LogP contribution in [0.25, 0.3) is 10.9 Å². The molecule has 0 fully saturated rings. The second-order valence-corrected chi connectivity index (χ2v) is 5.91. The van der Waals surface area contributed by atoms with Crippen molar-refractivity contribution in [2.75, 3.05) is 18.5 Å². The highest BCUT2D eigenvalue weighted by Gasteiger charge is 2.19. The predicted octanol–water partition coefficient (Wildman–Crippen LogP) is 3.10. The van der Waals surface area contributed by atoms with Gasteiger partial charge in [-0.25, -0.2) is 0 Å². The van der Waals surface area contributed by atoms with Crippen LogP contribution in [0.1, 0.15) is 26.3 Å². The van der Waals surface area contributed by atoms with Crippen molar-refractivity contribution in [1.29, 1.82) is 0 Å². The SMILES string of the molecule is CCOC(C)(C)CNc1c(C(N)=S)cnc2ccccc12. The lowest BCUT2D eigenvalue weighted by Gasteiger charge is -2.26. The summed E-state index contributed by atoms with van der Waals surface area (Å²) in [6, 6.07) is 7.92. The van der Waals surface area contributed by atoms with Crippen molar-refractivity contribution in [1.82, 2.24) is 4.98 Å².